The lowest BCUT2D eigenvalue weighted by Crippen LogP contribution is -2.36. The van der Waals surface area contributed by atoms with Crippen LogP contribution in [0.2, 0.25) is 0 Å². The highest BCUT2D eigenvalue weighted by atomic mass is 15.3. The van der Waals surface area contributed by atoms with Crippen LogP contribution in [0.3, 0.4) is 0 Å². The zero-order valence-corrected chi connectivity index (χ0v) is 11.2. The molecule has 1 aromatic rings. The number of nitrogens with two attached hydrogens (primary N) is 1. The van der Waals surface area contributed by atoms with Gasteiger partial charge in [-0.1, -0.05) is 0 Å². The van der Waals surface area contributed by atoms with Crippen LogP contribution < -0.4 is 10.6 Å². The monoisotopic (exact) mass is 245 g/mol. The highest BCUT2D eigenvalue weighted by Crippen LogP contribution is 2.26. The minimum Gasteiger partial charge on any atom is -0.399 e. The number of nitrogen functional groups attached to an aromatic ring is 1. The van der Waals surface area contributed by atoms with E-state index in [4.69, 9.17) is 5.73 Å². The standard InChI is InChI=1S/C15H23N3/c1-12-8-13(16)10-15(9-12)18-7-3-6-17-5-2-4-14(17)11-18/h8-10,14H,2-7,11,16H2,1H3. The van der Waals surface area contributed by atoms with Crippen LogP contribution in [-0.4, -0.2) is 37.1 Å². The lowest BCUT2D eigenvalue weighted by molar-refractivity contribution is 0.273. The summed E-state index contributed by atoms with van der Waals surface area (Å²) in [7, 11) is 0. The van der Waals surface area contributed by atoms with Gasteiger partial charge in [0.2, 0.25) is 0 Å². The van der Waals surface area contributed by atoms with Crippen molar-refractivity contribution in [3.63, 3.8) is 0 Å². The molecule has 0 saturated carbocycles. The van der Waals surface area contributed by atoms with Crippen molar-refractivity contribution in [2.24, 2.45) is 0 Å². The molecule has 2 saturated heterocycles. The van der Waals surface area contributed by atoms with Crippen LogP contribution in [0, 0.1) is 6.92 Å². The number of hydrogen-bond donors (Lipinski definition) is 1. The Kier molecular flexibility index (Phi) is 3.16. The van der Waals surface area contributed by atoms with Crippen molar-refractivity contribution in [2.45, 2.75) is 32.2 Å². The largest absolute Gasteiger partial charge is 0.399 e. The fourth-order valence-electron chi connectivity index (χ4n) is 3.42. The molecular formula is C15H23N3. The van der Waals surface area contributed by atoms with Crippen LogP contribution in [0.4, 0.5) is 11.4 Å². The number of fused-ring (bicyclic) bond motifs is 1. The molecule has 2 heterocycles. The zero-order valence-electron chi connectivity index (χ0n) is 11.2. The fourth-order valence-corrected chi connectivity index (χ4v) is 3.42. The van der Waals surface area contributed by atoms with Gasteiger partial charge in [-0.05, 0) is 56.5 Å². The molecule has 3 nitrogen and oxygen atoms in total. The molecule has 3 rings (SSSR count). The summed E-state index contributed by atoms with van der Waals surface area (Å²) in [6.07, 6.45) is 4.00. The minimum atomic E-state index is 0.759. The lowest BCUT2D eigenvalue weighted by atomic mass is 10.1. The van der Waals surface area contributed by atoms with Gasteiger partial charge in [0.15, 0.2) is 0 Å². The van der Waals surface area contributed by atoms with E-state index in [1.54, 1.807) is 0 Å². The lowest BCUT2D eigenvalue weighted by Gasteiger charge is -2.27. The zero-order chi connectivity index (χ0) is 12.5. The third kappa shape index (κ3) is 2.32. The maximum Gasteiger partial charge on any atom is 0.0390 e. The van der Waals surface area contributed by atoms with E-state index in [9.17, 15) is 0 Å². The van der Waals surface area contributed by atoms with Gasteiger partial charge in [-0.25, -0.2) is 0 Å². The van der Waals surface area contributed by atoms with E-state index in [-0.39, 0.29) is 0 Å². The number of aryl methyl sites for hydroxylation is 1. The van der Waals surface area contributed by atoms with E-state index >= 15 is 0 Å². The topological polar surface area (TPSA) is 32.5 Å². The maximum atomic E-state index is 5.97. The smallest absolute Gasteiger partial charge is 0.0390 e. The first-order valence-corrected chi connectivity index (χ1v) is 7.08. The number of benzene rings is 1. The molecule has 1 unspecified atom stereocenters. The van der Waals surface area contributed by atoms with Crippen LogP contribution >= 0.6 is 0 Å². The predicted molar refractivity (Wildman–Crippen MR) is 77.0 cm³/mol. The Morgan fingerprint density at radius 2 is 1.94 bits per heavy atom. The van der Waals surface area contributed by atoms with Gasteiger partial charge in [-0.3, -0.25) is 4.90 Å². The summed E-state index contributed by atoms with van der Waals surface area (Å²) in [5.41, 5.74) is 9.43. The molecule has 98 valence electrons. The van der Waals surface area contributed by atoms with Crippen molar-refractivity contribution in [3.8, 4) is 0 Å². The first-order valence-electron chi connectivity index (χ1n) is 7.08. The molecule has 0 aliphatic carbocycles. The van der Waals surface area contributed by atoms with Gasteiger partial charge in [0.25, 0.3) is 0 Å². The molecule has 2 aliphatic heterocycles. The average molecular weight is 245 g/mol. The van der Waals surface area contributed by atoms with E-state index in [2.05, 4.69) is 28.9 Å². The first-order chi connectivity index (χ1) is 8.72. The van der Waals surface area contributed by atoms with E-state index in [0.717, 1.165) is 18.3 Å². The van der Waals surface area contributed by atoms with Crippen molar-refractivity contribution in [1.82, 2.24) is 4.90 Å². The SMILES string of the molecule is Cc1cc(N)cc(N2CCCN3CCCC3C2)c1. The normalized spacial score (nSPS) is 24.9. The second kappa shape index (κ2) is 4.81. The highest BCUT2D eigenvalue weighted by molar-refractivity contribution is 5.58. The summed E-state index contributed by atoms with van der Waals surface area (Å²) in [4.78, 5) is 5.19. The Bertz CT molecular complexity index is 409. The molecule has 2 N–H and O–H groups in total. The van der Waals surface area contributed by atoms with Gasteiger partial charge < -0.3 is 10.6 Å². The van der Waals surface area contributed by atoms with Gasteiger partial charge >= 0.3 is 0 Å². The van der Waals surface area contributed by atoms with Crippen molar-refractivity contribution in [2.75, 3.05) is 36.8 Å². The molecule has 0 bridgehead atoms. The Morgan fingerprint density at radius 3 is 2.78 bits per heavy atom. The van der Waals surface area contributed by atoms with E-state index in [1.807, 2.05) is 6.07 Å². The average Bonchev–Trinajstić information content (AvgIpc) is 2.65. The molecule has 18 heavy (non-hydrogen) atoms. The minimum absolute atomic E-state index is 0.759. The van der Waals surface area contributed by atoms with E-state index < -0.39 is 0 Å². The summed E-state index contributed by atoms with van der Waals surface area (Å²) in [5.74, 6) is 0. The molecular weight excluding hydrogens is 222 g/mol. The summed E-state index contributed by atoms with van der Waals surface area (Å²) < 4.78 is 0. The summed E-state index contributed by atoms with van der Waals surface area (Å²) in [5, 5.41) is 0. The van der Waals surface area contributed by atoms with Crippen LogP contribution in [-0.2, 0) is 0 Å². The molecule has 2 aliphatic rings. The van der Waals surface area contributed by atoms with Crippen molar-refractivity contribution in [3.05, 3.63) is 23.8 Å². The van der Waals surface area contributed by atoms with Gasteiger partial charge in [0.05, 0.1) is 0 Å². The van der Waals surface area contributed by atoms with E-state index in [1.165, 1.54) is 50.1 Å². The molecule has 0 amide bonds. The first kappa shape index (κ1) is 11.8. The van der Waals surface area contributed by atoms with Crippen molar-refractivity contribution < 1.29 is 0 Å². The number of rotatable bonds is 1. The Hall–Kier alpha value is -1.22. The summed E-state index contributed by atoms with van der Waals surface area (Å²) in [6.45, 7) is 7.02. The molecule has 2 fully saturated rings. The number of anilines is 2. The Balaban J connectivity index is 1.82. The van der Waals surface area contributed by atoms with Gasteiger partial charge in [0, 0.05) is 37.1 Å². The van der Waals surface area contributed by atoms with Crippen molar-refractivity contribution in [1.29, 1.82) is 0 Å². The predicted octanol–water partition coefficient (Wildman–Crippen LogP) is 2.25. The summed E-state index contributed by atoms with van der Waals surface area (Å²) in [6, 6.07) is 7.19. The highest BCUT2D eigenvalue weighted by Gasteiger charge is 2.28. The third-order valence-electron chi connectivity index (χ3n) is 4.25. The number of nitrogens with zero attached hydrogens (tertiary/aromatic N) is 2. The van der Waals surface area contributed by atoms with Gasteiger partial charge in [-0.15, -0.1) is 0 Å². The molecule has 0 radical (unpaired) electrons. The Labute approximate surface area is 110 Å². The van der Waals surface area contributed by atoms with Gasteiger partial charge in [-0.2, -0.15) is 0 Å². The second-order valence-electron chi connectivity index (χ2n) is 5.73. The van der Waals surface area contributed by atoms with Crippen LogP contribution in [0.15, 0.2) is 18.2 Å². The van der Waals surface area contributed by atoms with Crippen molar-refractivity contribution >= 4 is 11.4 Å². The molecule has 3 heteroatoms. The number of hydrogen-bond acceptors (Lipinski definition) is 3. The second-order valence-corrected chi connectivity index (χ2v) is 5.73. The van der Waals surface area contributed by atoms with E-state index in [0.29, 0.717) is 0 Å². The van der Waals surface area contributed by atoms with Crippen LogP contribution in [0.1, 0.15) is 24.8 Å². The molecule has 0 aromatic heterocycles. The third-order valence-corrected chi connectivity index (χ3v) is 4.25. The molecule has 1 atom stereocenters. The van der Waals surface area contributed by atoms with Crippen LogP contribution in [0.5, 0.6) is 0 Å². The molecule has 0 spiro atoms. The quantitative estimate of drug-likeness (QED) is 0.770. The fraction of sp³-hybridized carbons (Fsp3) is 0.600. The summed E-state index contributed by atoms with van der Waals surface area (Å²) >= 11 is 0. The van der Waals surface area contributed by atoms with Crippen LogP contribution in [0.25, 0.3) is 0 Å². The Morgan fingerprint density at radius 1 is 1.11 bits per heavy atom. The maximum absolute atomic E-state index is 5.97. The van der Waals surface area contributed by atoms with Gasteiger partial charge in [0.1, 0.15) is 0 Å². The molecule has 1 aromatic carbocycles.